The first kappa shape index (κ1) is 16.6. The molecule has 0 aliphatic carbocycles. The molecule has 2 atom stereocenters. The number of ether oxygens (including phenoxy) is 1. The van der Waals surface area contributed by atoms with Gasteiger partial charge < -0.3 is 10.1 Å². The lowest BCUT2D eigenvalue weighted by Gasteiger charge is -2.35. The maximum atomic E-state index is 12.0. The minimum absolute atomic E-state index is 0.0863. The van der Waals surface area contributed by atoms with E-state index in [0.29, 0.717) is 28.7 Å². The van der Waals surface area contributed by atoms with E-state index in [1.807, 2.05) is 13.8 Å². The Kier molecular flexibility index (Phi) is 5.88. The molecule has 1 N–H and O–H groups in total. The van der Waals surface area contributed by atoms with E-state index in [9.17, 15) is 4.79 Å². The fourth-order valence-corrected chi connectivity index (χ4v) is 3.04. The maximum Gasteiger partial charge on any atom is 0.225 e. The number of anilines is 1. The molecule has 116 valence electrons. The van der Waals surface area contributed by atoms with E-state index in [4.69, 9.17) is 27.9 Å². The highest BCUT2D eigenvalue weighted by atomic mass is 35.5. The summed E-state index contributed by atoms with van der Waals surface area (Å²) in [7, 11) is 0. The van der Waals surface area contributed by atoms with E-state index in [1.54, 1.807) is 18.2 Å². The molecule has 0 radical (unpaired) electrons. The van der Waals surface area contributed by atoms with Crippen molar-refractivity contribution in [3.63, 3.8) is 0 Å². The molecule has 0 aromatic heterocycles. The van der Waals surface area contributed by atoms with Crippen LogP contribution in [0, 0.1) is 0 Å². The molecule has 1 aromatic carbocycles. The zero-order chi connectivity index (χ0) is 15.4. The lowest BCUT2D eigenvalue weighted by molar-refractivity contribution is -0.117. The van der Waals surface area contributed by atoms with Crippen molar-refractivity contribution >= 4 is 34.8 Å². The molecule has 4 nitrogen and oxygen atoms in total. The van der Waals surface area contributed by atoms with Crippen LogP contribution in [0.25, 0.3) is 0 Å². The number of para-hydroxylation sites is 1. The number of benzene rings is 1. The fraction of sp³-hybridized carbons (Fsp3) is 0.533. The molecule has 0 saturated carbocycles. The van der Waals surface area contributed by atoms with E-state index in [1.165, 1.54) is 0 Å². The van der Waals surface area contributed by atoms with Gasteiger partial charge in [-0.3, -0.25) is 9.69 Å². The van der Waals surface area contributed by atoms with Gasteiger partial charge in [0, 0.05) is 26.1 Å². The van der Waals surface area contributed by atoms with Crippen molar-refractivity contribution in [1.82, 2.24) is 4.90 Å². The Labute approximate surface area is 135 Å². The number of carbonyl (C=O) groups excluding carboxylic acids is 1. The molecule has 1 aromatic rings. The third kappa shape index (κ3) is 4.85. The first-order valence-electron chi connectivity index (χ1n) is 7.07. The molecular formula is C15H20Cl2N2O2. The van der Waals surface area contributed by atoms with Crippen molar-refractivity contribution in [3.05, 3.63) is 28.2 Å². The lowest BCUT2D eigenvalue weighted by atomic mass is 10.2. The Morgan fingerprint density at radius 3 is 2.43 bits per heavy atom. The molecule has 1 fully saturated rings. The summed E-state index contributed by atoms with van der Waals surface area (Å²) in [5.74, 6) is -0.0863. The van der Waals surface area contributed by atoms with Gasteiger partial charge in [0.25, 0.3) is 0 Å². The average molecular weight is 331 g/mol. The highest BCUT2D eigenvalue weighted by Gasteiger charge is 2.22. The van der Waals surface area contributed by atoms with Gasteiger partial charge in [-0.15, -0.1) is 0 Å². The van der Waals surface area contributed by atoms with Crippen LogP contribution in [0.5, 0.6) is 0 Å². The number of halogens is 2. The van der Waals surface area contributed by atoms with Crippen molar-refractivity contribution in [2.75, 3.05) is 25.0 Å². The summed E-state index contributed by atoms with van der Waals surface area (Å²) in [6.07, 6.45) is 0.811. The Hall–Kier alpha value is -0.810. The Balaban J connectivity index is 1.85. The minimum atomic E-state index is -0.0863. The van der Waals surface area contributed by atoms with E-state index in [2.05, 4.69) is 10.2 Å². The van der Waals surface area contributed by atoms with Crippen LogP contribution in [0.2, 0.25) is 10.0 Å². The third-order valence-electron chi connectivity index (χ3n) is 3.38. The topological polar surface area (TPSA) is 41.6 Å². The smallest absolute Gasteiger partial charge is 0.225 e. The number of hydrogen-bond donors (Lipinski definition) is 1. The number of nitrogens with one attached hydrogen (secondary N) is 1. The molecule has 1 aliphatic rings. The zero-order valence-corrected chi connectivity index (χ0v) is 13.7. The Morgan fingerprint density at radius 1 is 1.29 bits per heavy atom. The van der Waals surface area contributed by atoms with Crippen molar-refractivity contribution in [2.45, 2.75) is 32.5 Å². The highest BCUT2D eigenvalue weighted by molar-refractivity contribution is 6.39. The summed E-state index contributed by atoms with van der Waals surface area (Å²) < 4.78 is 5.67. The first-order valence-corrected chi connectivity index (χ1v) is 7.83. The highest BCUT2D eigenvalue weighted by Crippen LogP contribution is 2.29. The van der Waals surface area contributed by atoms with Crippen molar-refractivity contribution < 1.29 is 9.53 Å². The molecule has 0 unspecified atom stereocenters. The first-order chi connectivity index (χ1) is 9.95. The van der Waals surface area contributed by atoms with Gasteiger partial charge in [0.15, 0.2) is 0 Å². The van der Waals surface area contributed by atoms with Crippen molar-refractivity contribution in [1.29, 1.82) is 0 Å². The van der Waals surface area contributed by atoms with E-state index < -0.39 is 0 Å². The predicted octanol–water partition coefficient (Wildman–Crippen LogP) is 3.43. The minimum Gasteiger partial charge on any atom is -0.373 e. The standard InChI is InChI=1S/C15H20Cl2N2O2/c1-10-8-19(9-11(2)21-10)7-6-14(20)18-15-12(16)4-3-5-13(15)17/h3-5,10-11H,6-9H2,1-2H3,(H,18,20)/t10-,11-/m0/s1. The molecule has 0 spiro atoms. The molecule has 1 aliphatic heterocycles. The van der Waals surface area contributed by atoms with E-state index in [0.717, 1.165) is 13.1 Å². The SMILES string of the molecule is C[C@H]1CN(CCC(=O)Nc2c(Cl)cccc2Cl)C[C@H](C)O1. The van der Waals surface area contributed by atoms with Gasteiger partial charge >= 0.3 is 0 Å². The average Bonchev–Trinajstić information content (AvgIpc) is 2.40. The van der Waals surface area contributed by atoms with E-state index >= 15 is 0 Å². The summed E-state index contributed by atoms with van der Waals surface area (Å²) in [5, 5.41) is 3.68. The summed E-state index contributed by atoms with van der Waals surface area (Å²) in [6, 6.07) is 5.15. The molecule has 2 rings (SSSR count). The lowest BCUT2D eigenvalue weighted by Crippen LogP contribution is -2.46. The van der Waals surface area contributed by atoms with Crippen LogP contribution >= 0.6 is 23.2 Å². The van der Waals surface area contributed by atoms with Crippen molar-refractivity contribution in [3.8, 4) is 0 Å². The van der Waals surface area contributed by atoms with Crippen LogP contribution in [0.15, 0.2) is 18.2 Å². The van der Waals surface area contributed by atoms with Gasteiger partial charge in [-0.05, 0) is 26.0 Å². The van der Waals surface area contributed by atoms with Gasteiger partial charge in [0.2, 0.25) is 5.91 Å². The van der Waals surface area contributed by atoms with Crippen LogP contribution in [-0.2, 0) is 9.53 Å². The second kappa shape index (κ2) is 7.45. The Bertz CT molecular complexity index is 480. The number of morpholine rings is 1. The normalized spacial score (nSPS) is 23.0. The maximum absolute atomic E-state index is 12.0. The van der Waals surface area contributed by atoms with Gasteiger partial charge in [-0.2, -0.15) is 0 Å². The van der Waals surface area contributed by atoms with Crippen molar-refractivity contribution in [2.24, 2.45) is 0 Å². The van der Waals surface area contributed by atoms with Crippen LogP contribution in [0.3, 0.4) is 0 Å². The molecule has 21 heavy (non-hydrogen) atoms. The van der Waals surface area contributed by atoms with E-state index in [-0.39, 0.29) is 18.1 Å². The summed E-state index contributed by atoms with van der Waals surface area (Å²) in [5.41, 5.74) is 0.481. The third-order valence-corrected chi connectivity index (χ3v) is 4.01. The summed E-state index contributed by atoms with van der Waals surface area (Å²) in [4.78, 5) is 14.3. The quantitative estimate of drug-likeness (QED) is 0.919. The van der Waals surface area contributed by atoms with Gasteiger partial charge in [-0.25, -0.2) is 0 Å². The van der Waals surface area contributed by atoms with Crippen LogP contribution in [0.1, 0.15) is 20.3 Å². The van der Waals surface area contributed by atoms with Gasteiger partial charge in [0.1, 0.15) is 0 Å². The van der Waals surface area contributed by atoms with Crippen LogP contribution in [0.4, 0.5) is 5.69 Å². The number of rotatable bonds is 4. The van der Waals surface area contributed by atoms with Gasteiger partial charge in [-0.1, -0.05) is 29.3 Å². The number of amides is 1. The molecule has 1 saturated heterocycles. The predicted molar refractivity (Wildman–Crippen MR) is 86.2 cm³/mol. The summed E-state index contributed by atoms with van der Waals surface area (Å²) in [6.45, 7) is 6.50. The molecule has 1 heterocycles. The monoisotopic (exact) mass is 330 g/mol. The zero-order valence-electron chi connectivity index (χ0n) is 12.2. The number of nitrogens with zero attached hydrogens (tertiary/aromatic N) is 1. The number of carbonyl (C=O) groups is 1. The summed E-state index contributed by atoms with van der Waals surface area (Å²) >= 11 is 12.1. The number of hydrogen-bond acceptors (Lipinski definition) is 3. The Morgan fingerprint density at radius 2 is 1.86 bits per heavy atom. The molecule has 0 bridgehead atoms. The van der Waals surface area contributed by atoms with Crippen LogP contribution in [-0.4, -0.2) is 42.6 Å². The van der Waals surface area contributed by atoms with Crippen LogP contribution < -0.4 is 5.32 Å². The molecule has 1 amide bonds. The fourth-order valence-electron chi connectivity index (χ4n) is 2.55. The molecular weight excluding hydrogens is 311 g/mol. The second-order valence-electron chi connectivity index (χ2n) is 5.41. The molecule has 6 heteroatoms. The largest absolute Gasteiger partial charge is 0.373 e. The van der Waals surface area contributed by atoms with Gasteiger partial charge in [0.05, 0.1) is 27.9 Å². The second-order valence-corrected chi connectivity index (χ2v) is 6.23.